The van der Waals surface area contributed by atoms with Crippen molar-refractivity contribution in [1.82, 2.24) is 4.72 Å². The van der Waals surface area contributed by atoms with Crippen LogP contribution in [-0.4, -0.2) is 31.6 Å². The molecule has 1 aliphatic heterocycles. The molecule has 98 valence electrons. The molecule has 0 aromatic heterocycles. The first-order valence-electron chi connectivity index (χ1n) is 5.44. The zero-order valence-electron chi connectivity index (χ0n) is 10.1. The molecule has 0 radical (unpaired) electrons. The van der Waals surface area contributed by atoms with Gasteiger partial charge >= 0.3 is 0 Å². The largest absolute Gasteiger partial charge is 0.394 e. The van der Waals surface area contributed by atoms with Gasteiger partial charge in [0.1, 0.15) is 4.90 Å². The number of sulfonamides is 1. The second-order valence-corrected chi connectivity index (χ2v) is 6.31. The lowest BCUT2D eigenvalue weighted by Gasteiger charge is -2.24. The van der Waals surface area contributed by atoms with E-state index in [1.165, 1.54) is 6.07 Å². The van der Waals surface area contributed by atoms with Gasteiger partial charge in [0.2, 0.25) is 5.96 Å². The number of guanidine groups is 1. The van der Waals surface area contributed by atoms with Gasteiger partial charge in [-0.2, -0.15) is 0 Å². The molecule has 6 nitrogen and oxygen atoms in total. The Morgan fingerprint density at radius 2 is 2.00 bits per heavy atom. The highest BCUT2D eigenvalue weighted by Crippen LogP contribution is 2.24. The normalized spacial score (nSPS) is 19.8. The third kappa shape index (κ3) is 2.46. The molecule has 1 heterocycles. The van der Waals surface area contributed by atoms with Crippen LogP contribution in [0.3, 0.4) is 0 Å². The molecule has 7 heteroatoms. The molecule has 1 aliphatic rings. The molecule has 18 heavy (non-hydrogen) atoms. The van der Waals surface area contributed by atoms with E-state index < -0.39 is 15.6 Å². The number of nitrogens with one attached hydrogen (secondary N) is 2. The number of fused-ring (bicyclic) bond motifs is 1. The van der Waals surface area contributed by atoms with Crippen molar-refractivity contribution >= 4 is 21.7 Å². The van der Waals surface area contributed by atoms with Gasteiger partial charge in [0.15, 0.2) is 0 Å². The average molecular weight is 269 g/mol. The molecule has 0 saturated carbocycles. The molecule has 2 rings (SSSR count). The van der Waals surface area contributed by atoms with E-state index in [-0.39, 0.29) is 17.5 Å². The highest BCUT2D eigenvalue weighted by atomic mass is 32.2. The molecule has 0 unspecified atom stereocenters. The molecule has 0 saturated heterocycles. The zero-order valence-corrected chi connectivity index (χ0v) is 11.0. The summed E-state index contributed by atoms with van der Waals surface area (Å²) >= 11 is 0. The Morgan fingerprint density at radius 3 is 2.67 bits per heavy atom. The number of para-hydroxylation sites is 1. The van der Waals surface area contributed by atoms with Crippen LogP contribution in [-0.2, 0) is 10.0 Å². The van der Waals surface area contributed by atoms with Gasteiger partial charge in [0, 0.05) is 0 Å². The Bertz CT molecular complexity index is 593. The van der Waals surface area contributed by atoms with Crippen LogP contribution in [0.5, 0.6) is 0 Å². The Labute approximate surface area is 106 Å². The zero-order chi connectivity index (χ0) is 13.4. The van der Waals surface area contributed by atoms with Crippen LogP contribution in [0, 0.1) is 0 Å². The molecule has 1 aromatic carbocycles. The number of hydrogen-bond acceptors (Lipinski definition) is 4. The molecular formula is C11H15N3O3S. The van der Waals surface area contributed by atoms with Gasteiger partial charge in [-0.05, 0) is 26.0 Å². The summed E-state index contributed by atoms with van der Waals surface area (Å²) in [7, 11) is -3.60. The summed E-state index contributed by atoms with van der Waals surface area (Å²) in [6.07, 6.45) is 0. The van der Waals surface area contributed by atoms with Crippen molar-refractivity contribution in [3.63, 3.8) is 0 Å². The Hall–Kier alpha value is -1.60. The lowest BCUT2D eigenvalue weighted by atomic mass is 10.1. The summed E-state index contributed by atoms with van der Waals surface area (Å²) in [5, 5.41) is 12.0. The fourth-order valence-electron chi connectivity index (χ4n) is 1.53. The summed E-state index contributed by atoms with van der Waals surface area (Å²) in [5.74, 6) is 0.118. The summed E-state index contributed by atoms with van der Waals surface area (Å²) in [5.41, 5.74) is -0.277. The number of aliphatic hydroxyl groups is 1. The number of aliphatic hydroxyl groups excluding tert-OH is 1. The number of hydrogen-bond donors (Lipinski definition) is 3. The van der Waals surface area contributed by atoms with Gasteiger partial charge in [-0.25, -0.2) is 18.1 Å². The quantitative estimate of drug-likeness (QED) is 0.730. The topological polar surface area (TPSA) is 90.8 Å². The molecule has 0 bridgehead atoms. The first-order chi connectivity index (χ1) is 8.34. The minimum absolute atomic E-state index is 0.118. The molecule has 0 amide bonds. The molecule has 0 fully saturated rings. The minimum atomic E-state index is -3.60. The van der Waals surface area contributed by atoms with E-state index in [2.05, 4.69) is 15.0 Å². The van der Waals surface area contributed by atoms with Crippen molar-refractivity contribution < 1.29 is 13.5 Å². The van der Waals surface area contributed by atoms with Crippen molar-refractivity contribution in [2.24, 2.45) is 4.99 Å². The first-order valence-corrected chi connectivity index (χ1v) is 6.92. The van der Waals surface area contributed by atoms with Crippen LogP contribution in [0.1, 0.15) is 13.8 Å². The molecule has 3 N–H and O–H groups in total. The minimum Gasteiger partial charge on any atom is -0.394 e. The van der Waals surface area contributed by atoms with Crippen LogP contribution < -0.4 is 10.0 Å². The monoisotopic (exact) mass is 269 g/mol. The van der Waals surface area contributed by atoms with Crippen LogP contribution in [0.2, 0.25) is 0 Å². The van der Waals surface area contributed by atoms with Crippen LogP contribution in [0.4, 0.5) is 5.69 Å². The smallest absolute Gasteiger partial charge is 0.266 e. The Kier molecular flexibility index (Phi) is 3.04. The summed E-state index contributed by atoms with van der Waals surface area (Å²) in [6, 6.07) is 6.56. The van der Waals surface area contributed by atoms with Gasteiger partial charge in [-0.3, -0.25) is 0 Å². The lowest BCUT2D eigenvalue weighted by Crippen LogP contribution is -2.43. The summed E-state index contributed by atoms with van der Waals surface area (Å²) < 4.78 is 26.3. The van der Waals surface area contributed by atoms with E-state index >= 15 is 0 Å². The van der Waals surface area contributed by atoms with E-state index in [9.17, 15) is 8.42 Å². The average Bonchev–Trinajstić information content (AvgIpc) is 2.27. The molecule has 0 atom stereocenters. The fraction of sp³-hybridized carbons (Fsp3) is 0.364. The van der Waals surface area contributed by atoms with Gasteiger partial charge in [-0.1, -0.05) is 12.1 Å². The second kappa shape index (κ2) is 4.25. The van der Waals surface area contributed by atoms with Gasteiger partial charge in [-0.15, -0.1) is 0 Å². The summed E-state index contributed by atoms with van der Waals surface area (Å²) in [6.45, 7) is 3.23. The van der Waals surface area contributed by atoms with E-state index in [0.717, 1.165) is 0 Å². The SMILES string of the molecule is CC(C)(CO)N=C1Nc2ccccc2S(=O)(=O)N1. The predicted octanol–water partition coefficient (Wildman–Crippen LogP) is 0.517. The predicted molar refractivity (Wildman–Crippen MR) is 69.0 cm³/mol. The van der Waals surface area contributed by atoms with Crippen molar-refractivity contribution in [3.05, 3.63) is 24.3 Å². The van der Waals surface area contributed by atoms with Gasteiger partial charge in [0.25, 0.3) is 10.0 Å². The maximum absolute atomic E-state index is 12.0. The maximum Gasteiger partial charge on any atom is 0.266 e. The maximum atomic E-state index is 12.0. The van der Waals surface area contributed by atoms with Crippen LogP contribution >= 0.6 is 0 Å². The van der Waals surface area contributed by atoms with Crippen molar-refractivity contribution in [3.8, 4) is 0 Å². The molecule has 1 aromatic rings. The number of rotatable bonds is 2. The number of benzene rings is 1. The molecule has 0 spiro atoms. The van der Waals surface area contributed by atoms with E-state index in [1.807, 2.05) is 0 Å². The fourth-order valence-corrected chi connectivity index (χ4v) is 2.66. The Morgan fingerprint density at radius 1 is 1.33 bits per heavy atom. The number of anilines is 1. The third-order valence-electron chi connectivity index (χ3n) is 2.46. The standard InChI is InChI=1S/C11H15N3O3S/c1-11(2,7-15)13-10-12-8-5-3-4-6-9(8)18(16,17)14-10/h3-6,15H,7H2,1-2H3,(H2,12,13,14). The second-order valence-electron chi connectivity index (χ2n) is 4.66. The van der Waals surface area contributed by atoms with Crippen molar-refractivity contribution in [2.45, 2.75) is 24.3 Å². The molecule has 0 aliphatic carbocycles. The third-order valence-corrected chi connectivity index (χ3v) is 3.86. The molecular weight excluding hydrogens is 254 g/mol. The Balaban J connectivity index is 2.45. The van der Waals surface area contributed by atoms with Gasteiger partial charge in [0.05, 0.1) is 17.8 Å². The lowest BCUT2D eigenvalue weighted by molar-refractivity contribution is 0.222. The van der Waals surface area contributed by atoms with Crippen LogP contribution in [0.25, 0.3) is 0 Å². The number of aliphatic imine (C=N–C) groups is 1. The van der Waals surface area contributed by atoms with E-state index in [4.69, 9.17) is 5.11 Å². The van der Waals surface area contributed by atoms with E-state index in [0.29, 0.717) is 5.69 Å². The number of nitrogens with zero attached hydrogens (tertiary/aromatic N) is 1. The van der Waals surface area contributed by atoms with Gasteiger partial charge < -0.3 is 10.4 Å². The van der Waals surface area contributed by atoms with Crippen molar-refractivity contribution in [2.75, 3.05) is 11.9 Å². The first kappa shape index (κ1) is 12.8. The highest BCUT2D eigenvalue weighted by Gasteiger charge is 2.27. The van der Waals surface area contributed by atoms with Crippen molar-refractivity contribution in [1.29, 1.82) is 0 Å². The highest BCUT2D eigenvalue weighted by molar-refractivity contribution is 7.90. The van der Waals surface area contributed by atoms with E-state index in [1.54, 1.807) is 32.0 Å². The summed E-state index contributed by atoms with van der Waals surface area (Å²) in [4.78, 5) is 4.33. The van der Waals surface area contributed by atoms with Crippen LogP contribution in [0.15, 0.2) is 34.2 Å².